The van der Waals surface area contributed by atoms with Crippen LogP contribution in [0.4, 0.5) is 11.4 Å². The van der Waals surface area contributed by atoms with Crippen LogP contribution in [0, 0.1) is 44.9 Å². The molecule has 6 unspecified atom stereocenters. The molecule has 6 aromatic rings. The molecule has 77 heavy (non-hydrogen) atoms. The number of allylic oxidation sites excluding steroid dienone is 1. The van der Waals surface area contributed by atoms with Crippen LogP contribution >= 0.6 is 0 Å². The van der Waals surface area contributed by atoms with Crippen molar-refractivity contribution in [3.63, 3.8) is 0 Å². The lowest BCUT2D eigenvalue weighted by Gasteiger charge is -2.60. The average molecular weight is 1040 g/mol. The highest BCUT2D eigenvalue weighted by molar-refractivity contribution is 6.03. The van der Waals surface area contributed by atoms with E-state index in [-0.39, 0.29) is 75.1 Å². The van der Waals surface area contributed by atoms with Gasteiger partial charge in [0.15, 0.2) is 0 Å². The Morgan fingerprint density at radius 1 is 0.870 bits per heavy atom. The van der Waals surface area contributed by atoms with Crippen LogP contribution in [0.3, 0.4) is 0 Å². The largest absolute Gasteiger partial charge is 0.487 e. The quantitative estimate of drug-likeness (QED) is 0.0191. The summed E-state index contributed by atoms with van der Waals surface area (Å²) in [6, 6.07) is 36.7. The number of carbonyl (C=O) groups excluding carboxylic acids is 1. The highest BCUT2D eigenvalue weighted by Crippen LogP contribution is 2.62. The van der Waals surface area contributed by atoms with Gasteiger partial charge in [0.1, 0.15) is 30.8 Å². The molecule has 2 heterocycles. The number of amides is 1. The molecule has 2 aliphatic carbocycles. The summed E-state index contributed by atoms with van der Waals surface area (Å²) in [5.41, 5.74) is 5.87. The number of rotatable bonds is 24. The number of nitro groups is 2. The van der Waals surface area contributed by atoms with Crippen molar-refractivity contribution in [3.8, 4) is 11.5 Å². The first-order valence-electron chi connectivity index (χ1n) is 26.2. The number of aliphatic hydroxyl groups is 2. The van der Waals surface area contributed by atoms with Gasteiger partial charge in [0.2, 0.25) is 11.7 Å². The number of pyridine rings is 1. The molecule has 0 bridgehead atoms. The molecule has 1 saturated carbocycles. The maximum Gasteiger partial charge on any atom is 0.269 e. The fraction of sp³-hybridized carbons (Fsp3) is 0.328. The van der Waals surface area contributed by atoms with Crippen molar-refractivity contribution < 1.29 is 43.9 Å². The van der Waals surface area contributed by atoms with Gasteiger partial charge in [-0.2, -0.15) is 0 Å². The normalized spacial score (nSPS) is 20.9. The molecule has 0 radical (unpaired) electrons. The van der Waals surface area contributed by atoms with Gasteiger partial charge in [-0.25, -0.2) is 0 Å². The minimum Gasteiger partial charge on any atom is -0.487 e. The van der Waals surface area contributed by atoms with Gasteiger partial charge in [0.05, 0.1) is 33.8 Å². The zero-order valence-electron chi connectivity index (χ0n) is 43.0. The number of hydrogen-bond donors (Lipinski definition) is 2. The van der Waals surface area contributed by atoms with E-state index in [1.165, 1.54) is 30.3 Å². The van der Waals surface area contributed by atoms with Crippen LogP contribution in [0.1, 0.15) is 84.5 Å². The highest BCUT2D eigenvalue weighted by atomic mass is 16.7. The van der Waals surface area contributed by atoms with E-state index in [4.69, 9.17) is 24.2 Å². The predicted octanol–water partition coefficient (Wildman–Crippen LogP) is 11.5. The number of benzene rings is 5. The smallest absolute Gasteiger partial charge is 0.269 e. The maximum atomic E-state index is 15.6. The van der Waals surface area contributed by atoms with Crippen molar-refractivity contribution in [1.82, 2.24) is 9.88 Å². The van der Waals surface area contributed by atoms with E-state index in [1.54, 1.807) is 41.3 Å². The topological polar surface area (TPSA) is 209 Å². The molecule has 6 atom stereocenters. The van der Waals surface area contributed by atoms with Crippen molar-refractivity contribution in [2.75, 3.05) is 19.8 Å². The van der Waals surface area contributed by atoms with Crippen molar-refractivity contribution in [3.05, 3.63) is 212 Å². The number of ether oxygens (including phenoxy) is 3. The van der Waals surface area contributed by atoms with E-state index in [0.717, 1.165) is 64.5 Å². The first-order valence-corrected chi connectivity index (χ1v) is 26.2. The number of hydrogen-bond acceptors (Lipinski definition) is 13. The zero-order chi connectivity index (χ0) is 53.9. The van der Waals surface area contributed by atoms with Crippen LogP contribution in [0.2, 0.25) is 0 Å². The number of aromatic nitrogens is 1. The van der Waals surface area contributed by atoms with Crippen LogP contribution in [-0.4, -0.2) is 73.2 Å². The Bertz CT molecular complexity index is 3170. The zero-order valence-corrected chi connectivity index (χ0v) is 43.0. The van der Waals surface area contributed by atoms with Crippen LogP contribution in [0.15, 0.2) is 163 Å². The molecule has 9 rings (SSSR count). The number of nitrogens with zero attached hydrogens (tertiary/aromatic N) is 5. The molecule has 3 aliphatic rings. The summed E-state index contributed by atoms with van der Waals surface area (Å²) < 4.78 is 21.3. The van der Waals surface area contributed by atoms with Crippen molar-refractivity contribution >= 4 is 39.8 Å². The number of aryl methyl sites for hydroxylation is 1. The van der Waals surface area contributed by atoms with Gasteiger partial charge in [-0.1, -0.05) is 78.7 Å². The Balaban J connectivity index is 1.25. The average Bonchev–Trinajstić information content (AvgIpc) is 3.59. The molecule has 1 amide bonds. The standard InChI is InChI=1S/C61H63N5O11/c1-3-34-75-61-57(64(38-46-16-11-15-44-13-4-5-18-51(44)46)58(69)31-24-42-20-25-48(26-21-42)65(70)71)37-55(63-76-39-43-22-27-49(28-23-43)66(72)73)53-35-45(14-6-8-32-67)52(19-7-9-33-68)59(60(53)61)54-36-50(29-30-56(54)77-61)74-40-47-17-10-12-41(2)62-47/h3-5,10-13,15-18,20-31,35-36,45,52,57,59-60,67-68H,1,6-9,14,19,32-34,37-40H2,2H3. The first-order chi connectivity index (χ1) is 37.5. The van der Waals surface area contributed by atoms with Gasteiger partial charge in [0.25, 0.3) is 11.4 Å². The molecule has 1 aromatic heterocycles. The van der Waals surface area contributed by atoms with Crippen molar-refractivity contribution in [1.29, 1.82) is 0 Å². The Kier molecular flexibility index (Phi) is 17.3. The van der Waals surface area contributed by atoms with E-state index >= 15 is 4.79 Å². The molecule has 398 valence electrons. The second-order valence-electron chi connectivity index (χ2n) is 19.8. The third-order valence-electron chi connectivity index (χ3n) is 14.9. The lowest BCUT2D eigenvalue weighted by molar-refractivity contribution is -0.385. The number of oxime groups is 1. The fourth-order valence-corrected chi connectivity index (χ4v) is 11.4. The molecular formula is C61H63N5O11. The van der Waals surface area contributed by atoms with Gasteiger partial charge < -0.3 is 34.2 Å². The van der Waals surface area contributed by atoms with Crippen LogP contribution in [-0.2, 0) is 34.1 Å². The minimum atomic E-state index is -1.60. The highest BCUT2D eigenvalue weighted by Gasteiger charge is 2.65. The van der Waals surface area contributed by atoms with Gasteiger partial charge in [-0.3, -0.25) is 30.0 Å². The monoisotopic (exact) mass is 1040 g/mol. The Morgan fingerprint density at radius 2 is 1.58 bits per heavy atom. The van der Waals surface area contributed by atoms with E-state index < -0.39 is 33.5 Å². The van der Waals surface area contributed by atoms with E-state index in [0.29, 0.717) is 41.2 Å². The van der Waals surface area contributed by atoms with Crippen LogP contribution in [0.5, 0.6) is 11.5 Å². The number of non-ortho nitro benzene ring substituents is 2. The SMILES string of the molecule is C=CCOC12Oc3ccc(OCc4cccc(C)n4)cc3C3C(CCCCO)C(CCCCO)C=C(C(=NOCc4ccc([N+](=O)[O-])cc4)CC1N(Cc1cccc4ccccc14)C(=O)C=Cc1ccc([N+](=O)[O-])cc1)C32. The molecule has 2 N–H and O–H groups in total. The van der Waals surface area contributed by atoms with E-state index in [2.05, 4.69) is 17.6 Å². The summed E-state index contributed by atoms with van der Waals surface area (Å²) in [5, 5.41) is 50.2. The van der Waals surface area contributed by atoms with Gasteiger partial charge in [-0.05, 0) is 138 Å². The summed E-state index contributed by atoms with van der Waals surface area (Å²) in [5.74, 6) is -1.94. The van der Waals surface area contributed by atoms with Crippen molar-refractivity contribution in [2.45, 2.75) is 89.4 Å². The first kappa shape index (κ1) is 53.8. The number of nitro benzene ring substituents is 2. The van der Waals surface area contributed by atoms with Gasteiger partial charge in [0, 0.05) is 73.7 Å². The third-order valence-corrected chi connectivity index (χ3v) is 14.9. The molecule has 16 heteroatoms. The predicted molar refractivity (Wildman–Crippen MR) is 293 cm³/mol. The van der Waals surface area contributed by atoms with Crippen molar-refractivity contribution in [2.24, 2.45) is 22.9 Å². The maximum absolute atomic E-state index is 15.6. The molecular weight excluding hydrogens is 979 g/mol. The van der Waals surface area contributed by atoms with Crippen LogP contribution < -0.4 is 9.47 Å². The third kappa shape index (κ3) is 12.2. The van der Waals surface area contributed by atoms with E-state index in [1.807, 2.05) is 85.8 Å². The fourth-order valence-electron chi connectivity index (χ4n) is 11.4. The van der Waals surface area contributed by atoms with E-state index in [9.17, 15) is 30.4 Å². The number of unbranched alkanes of at least 4 members (excludes halogenated alkanes) is 2. The van der Waals surface area contributed by atoms with Gasteiger partial charge >= 0.3 is 0 Å². The Morgan fingerprint density at radius 3 is 2.31 bits per heavy atom. The molecule has 1 fully saturated rings. The Hall–Kier alpha value is -8.05. The lowest BCUT2D eigenvalue weighted by atomic mass is 9.55. The number of fused-ring (bicyclic) bond motifs is 3. The summed E-state index contributed by atoms with van der Waals surface area (Å²) in [6.45, 7) is 6.44. The summed E-state index contributed by atoms with van der Waals surface area (Å²) >= 11 is 0. The number of aliphatic hydroxyl groups excluding tert-OH is 2. The molecule has 16 nitrogen and oxygen atoms in total. The Labute approximate surface area is 447 Å². The number of carbonyl (C=O) groups is 1. The second-order valence-corrected chi connectivity index (χ2v) is 19.8. The minimum absolute atomic E-state index is 0.0121. The summed E-state index contributed by atoms with van der Waals surface area (Å²) in [7, 11) is 0. The molecule has 1 aliphatic heterocycles. The van der Waals surface area contributed by atoms with Gasteiger partial charge in [-0.15, -0.1) is 6.58 Å². The molecule has 5 aromatic carbocycles. The summed E-state index contributed by atoms with van der Waals surface area (Å²) in [6.07, 6.45) is 11.2. The second kappa shape index (κ2) is 24.7. The van der Waals surface area contributed by atoms with Crippen LogP contribution in [0.25, 0.3) is 16.8 Å². The summed E-state index contributed by atoms with van der Waals surface area (Å²) in [4.78, 5) is 50.5. The molecule has 0 spiro atoms. The lowest BCUT2D eigenvalue weighted by Crippen LogP contribution is -2.70. The molecule has 0 saturated heterocycles.